The Hall–Kier alpha value is -1.97. The molecule has 0 aromatic heterocycles. The van der Waals surface area contributed by atoms with Gasteiger partial charge in [-0.15, -0.1) is 11.8 Å². The van der Waals surface area contributed by atoms with Crippen LogP contribution in [0.15, 0.2) is 59.5 Å². The van der Waals surface area contributed by atoms with Crippen molar-refractivity contribution in [2.75, 3.05) is 30.3 Å². The fourth-order valence-corrected chi connectivity index (χ4v) is 6.43. The second-order valence-corrected chi connectivity index (χ2v) is 9.14. The number of benzene rings is 3. The highest BCUT2D eigenvalue weighted by atomic mass is 32.2. The normalized spacial score (nSPS) is 23.8. The van der Waals surface area contributed by atoms with Crippen LogP contribution >= 0.6 is 11.8 Å². The standard InChI is InChI=1S/C24H24N2S/c1-2-7-18-16(5-1)6-3-8-19(18)17-13-20-21-15-25-10-9-22(21)26-11-4-12-27-23(14-17)24(20)26/h1-3,5-8,13-14,21-22,25H,4,9-12,15H2. The van der Waals surface area contributed by atoms with Crippen LogP contribution in [0.3, 0.4) is 0 Å². The third-order valence-corrected chi connectivity index (χ3v) is 7.65. The Kier molecular flexibility index (Phi) is 3.73. The molecule has 27 heavy (non-hydrogen) atoms. The Morgan fingerprint density at radius 1 is 1.04 bits per heavy atom. The highest BCUT2D eigenvalue weighted by molar-refractivity contribution is 7.99. The lowest BCUT2D eigenvalue weighted by Gasteiger charge is -2.33. The van der Waals surface area contributed by atoms with Crippen molar-refractivity contribution in [3.8, 4) is 11.1 Å². The van der Waals surface area contributed by atoms with Gasteiger partial charge in [-0.1, -0.05) is 42.5 Å². The minimum Gasteiger partial charge on any atom is -0.367 e. The Bertz CT molecular complexity index is 1020. The Balaban J connectivity index is 1.58. The minimum atomic E-state index is 0.640. The molecule has 0 amide bonds. The largest absolute Gasteiger partial charge is 0.367 e. The van der Waals surface area contributed by atoms with Crippen LogP contribution in [0.5, 0.6) is 0 Å². The molecule has 3 heterocycles. The van der Waals surface area contributed by atoms with E-state index in [-0.39, 0.29) is 0 Å². The molecule has 1 fully saturated rings. The molecule has 136 valence electrons. The van der Waals surface area contributed by atoms with Gasteiger partial charge >= 0.3 is 0 Å². The molecule has 1 saturated heterocycles. The number of nitrogens with zero attached hydrogens (tertiary/aromatic N) is 1. The van der Waals surface area contributed by atoms with Crippen LogP contribution in [0.2, 0.25) is 0 Å². The first-order valence-electron chi connectivity index (χ1n) is 10.2. The quantitative estimate of drug-likeness (QED) is 0.626. The molecular weight excluding hydrogens is 348 g/mol. The molecule has 0 aliphatic carbocycles. The van der Waals surface area contributed by atoms with E-state index in [9.17, 15) is 0 Å². The molecule has 0 saturated carbocycles. The van der Waals surface area contributed by atoms with Crippen molar-refractivity contribution in [3.05, 3.63) is 60.2 Å². The molecule has 1 N–H and O–H groups in total. The molecule has 3 heteroatoms. The number of thioether (sulfide) groups is 1. The van der Waals surface area contributed by atoms with E-state index in [0.29, 0.717) is 12.0 Å². The van der Waals surface area contributed by atoms with Gasteiger partial charge in [-0.25, -0.2) is 0 Å². The Labute approximate surface area is 165 Å². The van der Waals surface area contributed by atoms with Crippen molar-refractivity contribution >= 4 is 28.2 Å². The Morgan fingerprint density at radius 3 is 2.96 bits per heavy atom. The SMILES string of the molecule is c1ccc2c(-c3cc4c5c(c3)C3CNCCC3N5CCCS4)cccc2c1. The van der Waals surface area contributed by atoms with Gasteiger partial charge in [0.2, 0.25) is 0 Å². The van der Waals surface area contributed by atoms with Crippen molar-refractivity contribution in [2.45, 2.75) is 29.7 Å². The van der Waals surface area contributed by atoms with Crippen molar-refractivity contribution in [3.63, 3.8) is 0 Å². The summed E-state index contributed by atoms with van der Waals surface area (Å²) >= 11 is 2.07. The number of nitrogens with one attached hydrogen (secondary N) is 1. The maximum Gasteiger partial charge on any atom is 0.0544 e. The van der Waals surface area contributed by atoms with Crippen molar-refractivity contribution < 1.29 is 0 Å². The molecule has 2 atom stereocenters. The van der Waals surface area contributed by atoms with E-state index < -0.39 is 0 Å². The smallest absolute Gasteiger partial charge is 0.0544 e. The van der Waals surface area contributed by atoms with Crippen molar-refractivity contribution in [1.82, 2.24) is 5.32 Å². The summed E-state index contributed by atoms with van der Waals surface area (Å²) in [6.07, 6.45) is 2.56. The highest BCUT2D eigenvalue weighted by Crippen LogP contribution is 2.51. The number of hydrogen-bond acceptors (Lipinski definition) is 3. The molecule has 3 aliphatic heterocycles. The monoisotopic (exact) mass is 372 g/mol. The number of anilines is 1. The van der Waals surface area contributed by atoms with Crippen LogP contribution in [0.4, 0.5) is 5.69 Å². The second kappa shape index (κ2) is 6.29. The number of rotatable bonds is 1. The van der Waals surface area contributed by atoms with E-state index >= 15 is 0 Å². The lowest BCUT2D eigenvalue weighted by Crippen LogP contribution is -2.44. The molecule has 0 radical (unpaired) electrons. The summed E-state index contributed by atoms with van der Waals surface area (Å²) in [4.78, 5) is 4.26. The zero-order valence-corrected chi connectivity index (χ0v) is 16.3. The van der Waals surface area contributed by atoms with Crippen LogP contribution in [0.25, 0.3) is 21.9 Å². The molecule has 0 bridgehead atoms. The first-order chi connectivity index (χ1) is 13.4. The van der Waals surface area contributed by atoms with E-state index in [1.54, 1.807) is 11.3 Å². The van der Waals surface area contributed by atoms with Gasteiger partial charge in [0.1, 0.15) is 0 Å². The molecule has 2 nitrogen and oxygen atoms in total. The molecule has 3 aliphatic rings. The van der Waals surface area contributed by atoms with Crippen molar-refractivity contribution in [2.24, 2.45) is 0 Å². The number of hydrogen-bond donors (Lipinski definition) is 1. The second-order valence-electron chi connectivity index (χ2n) is 8.00. The summed E-state index contributed by atoms with van der Waals surface area (Å²) < 4.78 is 0. The number of piperidine rings is 1. The van der Waals surface area contributed by atoms with Gasteiger partial charge in [0.15, 0.2) is 0 Å². The molecule has 2 unspecified atom stereocenters. The van der Waals surface area contributed by atoms with Gasteiger partial charge in [0.05, 0.1) is 5.69 Å². The summed E-state index contributed by atoms with van der Waals surface area (Å²) in [7, 11) is 0. The first kappa shape index (κ1) is 16.0. The molecule has 3 aromatic carbocycles. The van der Waals surface area contributed by atoms with E-state index in [1.807, 2.05) is 0 Å². The lowest BCUT2D eigenvalue weighted by molar-refractivity contribution is 0.403. The molecule has 0 spiro atoms. The minimum absolute atomic E-state index is 0.640. The summed E-state index contributed by atoms with van der Waals surface area (Å²) in [5.74, 6) is 1.87. The maximum atomic E-state index is 3.65. The van der Waals surface area contributed by atoms with Gasteiger partial charge < -0.3 is 10.2 Å². The van der Waals surface area contributed by atoms with Crippen molar-refractivity contribution in [1.29, 1.82) is 0 Å². The third-order valence-electron chi connectivity index (χ3n) is 6.54. The fraction of sp³-hybridized carbons (Fsp3) is 0.333. The fourth-order valence-electron chi connectivity index (χ4n) is 5.36. The van der Waals surface area contributed by atoms with E-state index in [0.717, 1.165) is 13.1 Å². The van der Waals surface area contributed by atoms with Crippen LogP contribution in [-0.2, 0) is 0 Å². The van der Waals surface area contributed by atoms with Crippen LogP contribution in [0, 0.1) is 0 Å². The van der Waals surface area contributed by atoms with Crippen LogP contribution in [-0.4, -0.2) is 31.4 Å². The molecular formula is C24H24N2S. The van der Waals surface area contributed by atoms with E-state index in [2.05, 4.69) is 76.6 Å². The summed E-state index contributed by atoms with van der Waals surface area (Å²) in [6.45, 7) is 3.50. The summed E-state index contributed by atoms with van der Waals surface area (Å²) in [5.41, 5.74) is 5.90. The molecule has 3 aromatic rings. The van der Waals surface area contributed by atoms with Gasteiger partial charge in [0.25, 0.3) is 0 Å². The van der Waals surface area contributed by atoms with Gasteiger partial charge in [-0.05, 0) is 64.7 Å². The zero-order valence-electron chi connectivity index (χ0n) is 15.4. The van der Waals surface area contributed by atoms with Gasteiger partial charge in [-0.2, -0.15) is 0 Å². The van der Waals surface area contributed by atoms with E-state index in [4.69, 9.17) is 0 Å². The highest BCUT2D eigenvalue weighted by Gasteiger charge is 2.41. The average molecular weight is 373 g/mol. The molecule has 6 rings (SSSR count). The maximum absolute atomic E-state index is 3.65. The van der Waals surface area contributed by atoms with E-state index in [1.165, 1.54) is 51.9 Å². The predicted octanol–water partition coefficient (Wildman–Crippen LogP) is 5.27. The van der Waals surface area contributed by atoms with Crippen LogP contribution in [0.1, 0.15) is 24.3 Å². The third kappa shape index (κ3) is 2.45. The average Bonchev–Trinajstić information content (AvgIpc) is 2.89. The van der Waals surface area contributed by atoms with Gasteiger partial charge in [0, 0.05) is 29.9 Å². The summed E-state index contributed by atoms with van der Waals surface area (Å²) in [6, 6.07) is 21.2. The van der Waals surface area contributed by atoms with Crippen LogP contribution < -0.4 is 10.2 Å². The zero-order chi connectivity index (χ0) is 17.8. The number of fused-ring (bicyclic) bond motifs is 4. The Morgan fingerprint density at radius 2 is 1.96 bits per heavy atom. The summed E-state index contributed by atoms with van der Waals surface area (Å²) in [5, 5.41) is 6.34. The van der Waals surface area contributed by atoms with Gasteiger partial charge in [-0.3, -0.25) is 0 Å². The first-order valence-corrected chi connectivity index (χ1v) is 11.1. The lowest BCUT2D eigenvalue weighted by atomic mass is 9.88. The predicted molar refractivity (Wildman–Crippen MR) is 116 cm³/mol. The topological polar surface area (TPSA) is 15.3 Å².